The quantitative estimate of drug-likeness (QED) is 0.788. The van der Waals surface area contributed by atoms with Crippen LogP contribution < -0.4 is 15.5 Å². The highest BCUT2D eigenvalue weighted by atomic mass is 16.2. The molecule has 2 N–H and O–H groups in total. The van der Waals surface area contributed by atoms with Gasteiger partial charge in [0.2, 0.25) is 5.91 Å². The second-order valence-corrected chi connectivity index (χ2v) is 4.98. The van der Waals surface area contributed by atoms with Gasteiger partial charge in [0.05, 0.1) is 5.92 Å². The van der Waals surface area contributed by atoms with Crippen molar-refractivity contribution in [2.24, 2.45) is 5.92 Å². The molecule has 0 aromatic carbocycles. The van der Waals surface area contributed by atoms with Gasteiger partial charge in [-0.05, 0) is 18.6 Å². The number of anilines is 1. The number of nitrogens with one attached hydrogen (secondary N) is 2. The van der Waals surface area contributed by atoms with Gasteiger partial charge in [0.1, 0.15) is 5.82 Å². The summed E-state index contributed by atoms with van der Waals surface area (Å²) in [6.45, 7) is 3.47. The van der Waals surface area contributed by atoms with Gasteiger partial charge in [-0.1, -0.05) is 6.07 Å². The van der Waals surface area contributed by atoms with Crippen LogP contribution in [0.15, 0.2) is 24.4 Å². The number of carbonyl (C=O) groups is 1. The minimum atomic E-state index is 0.175. The number of carbonyl (C=O) groups excluding carboxylic acids is 1. The van der Waals surface area contributed by atoms with Crippen molar-refractivity contribution in [1.82, 2.24) is 15.6 Å². The predicted molar refractivity (Wildman–Crippen MR) is 69.4 cm³/mol. The molecule has 1 aromatic heterocycles. The molecule has 0 spiro atoms. The first-order chi connectivity index (χ1) is 8.83. The van der Waals surface area contributed by atoms with Crippen molar-refractivity contribution in [2.45, 2.75) is 12.5 Å². The van der Waals surface area contributed by atoms with Crippen LogP contribution in [0.1, 0.15) is 6.42 Å². The Kier molecular flexibility index (Phi) is 3.15. The summed E-state index contributed by atoms with van der Waals surface area (Å²) in [6, 6.07) is 6.19. The van der Waals surface area contributed by atoms with E-state index in [1.807, 2.05) is 18.2 Å². The van der Waals surface area contributed by atoms with E-state index in [1.165, 1.54) is 0 Å². The number of aromatic nitrogens is 1. The number of rotatable bonds is 3. The molecular weight excluding hydrogens is 228 g/mol. The third kappa shape index (κ3) is 2.31. The van der Waals surface area contributed by atoms with Crippen LogP contribution in [0.5, 0.6) is 0 Å². The Balaban J connectivity index is 1.53. The summed E-state index contributed by atoms with van der Waals surface area (Å²) in [6.07, 6.45) is 2.81. The molecule has 1 amide bonds. The molecule has 96 valence electrons. The SMILES string of the molecule is O=C(NC1CCN(c2ccccn2)C1)C1CNC1. The average Bonchev–Trinajstić information content (AvgIpc) is 2.76. The lowest BCUT2D eigenvalue weighted by atomic mass is 10.0. The average molecular weight is 246 g/mol. The third-order valence-corrected chi connectivity index (χ3v) is 3.66. The summed E-state index contributed by atoms with van der Waals surface area (Å²) in [5.74, 6) is 1.37. The van der Waals surface area contributed by atoms with Crippen LogP contribution >= 0.6 is 0 Å². The molecule has 0 aliphatic carbocycles. The van der Waals surface area contributed by atoms with Crippen molar-refractivity contribution in [3.8, 4) is 0 Å². The van der Waals surface area contributed by atoms with E-state index in [-0.39, 0.29) is 17.9 Å². The molecular formula is C13H18N4O. The summed E-state index contributed by atoms with van der Waals surface area (Å²) in [5, 5.41) is 6.25. The van der Waals surface area contributed by atoms with Crippen molar-refractivity contribution >= 4 is 11.7 Å². The van der Waals surface area contributed by atoms with Crippen LogP contribution in [0.3, 0.4) is 0 Å². The third-order valence-electron chi connectivity index (χ3n) is 3.66. The monoisotopic (exact) mass is 246 g/mol. The maximum atomic E-state index is 11.8. The lowest BCUT2D eigenvalue weighted by Crippen LogP contribution is -2.53. The van der Waals surface area contributed by atoms with Gasteiger partial charge in [0.25, 0.3) is 0 Å². The topological polar surface area (TPSA) is 57.3 Å². The van der Waals surface area contributed by atoms with Crippen LogP contribution in [-0.2, 0) is 4.79 Å². The zero-order valence-corrected chi connectivity index (χ0v) is 10.3. The number of amides is 1. The Labute approximate surface area is 107 Å². The van der Waals surface area contributed by atoms with E-state index in [0.29, 0.717) is 0 Å². The minimum absolute atomic E-state index is 0.175. The van der Waals surface area contributed by atoms with Gasteiger partial charge in [-0.3, -0.25) is 4.79 Å². The van der Waals surface area contributed by atoms with E-state index >= 15 is 0 Å². The second kappa shape index (κ2) is 4.94. The lowest BCUT2D eigenvalue weighted by Gasteiger charge is -2.27. The van der Waals surface area contributed by atoms with Gasteiger partial charge < -0.3 is 15.5 Å². The summed E-state index contributed by atoms with van der Waals surface area (Å²) in [5.41, 5.74) is 0. The van der Waals surface area contributed by atoms with E-state index in [1.54, 1.807) is 6.20 Å². The maximum Gasteiger partial charge on any atom is 0.225 e. The first-order valence-corrected chi connectivity index (χ1v) is 6.50. The van der Waals surface area contributed by atoms with Gasteiger partial charge in [-0.15, -0.1) is 0 Å². The number of nitrogens with zero attached hydrogens (tertiary/aromatic N) is 2. The highest BCUT2D eigenvalue weighted by molar-refractivity contribution is 5.80. The van der Waals surface area contributed by atoms with Gasteiger partial charge in [0.15, 0.2) is 0 Å². The van der Waals surface area contributed by atoms with Crippen molar-refractivity contribution in [2.75, 3.05) is 31.1 Å². The van der Waals surface area contributed by atoms with Crippen LogP contribution in [0.25, 0.3) is 0 Å². The molecule has 2 aliphatic rings. The largest absolute Gasteiger partial charge is 0.354 e. The Bertz CT molecular complexity index is 418. The van der Waals surface area contributed by atoms with E-state index < -0.39 is 0 Å². The molecule has 3 rings (SSSR count). The molecule has 0 saturated carbocycles. The number of pyridine rings is 1. The van der Waals surface area contributed by atoms with E-state index in [9.17, 15) is 4.79 Å². The van der Waals surface area contributed by atoms with Crippen LogP contribution in [-0.4, -0.2) is 43.1 Å². The predicted octanol–water partition coefficient (Wildman–Crippen LogP) is -0.00410. The Morgan fingerprint density at radius 2 is 2.33 bits per heavy atom. The molecule has 2 fully saturated rings. The van der Waals surface area contributed by atoms with E-state index in [4.69, 9.17) is 0 Å². The minimum Gasteiger partial charge on any atom is -0.354 e. The fourth-order valence-electron chi connectivity index (χ4n) is 2.42. The molecule has 3 heterocycles. The fraction of sp³-hybridized carbons (Fsp3) is 0.538. The van der Waals surface area contributed by atoms with Gasteiger partial charge in [-0.2, -0.15) is 0 Å². The van der Waals surface area contributed by atoms with E-state index in [0.717, 1.165) is 38.4 Å². The van der Waals surface area contributed by atoms with Crippen molar-refractivity contribution in [3.05, 3.63) is 24.4 Å². The molecule has 2 aliphatic heterocycles. The molecule has 5 nitrogen and oxygen atoms in total. The lowest BCUT2D eigenvalue weighted by molar-refractivity contribution is -0.127. The first kappa shape index (κ1) is 11.5. The molecule has 1 unspecified atom stereocenters. The molecule has 1 aromatic rings. The van der Waals surface area contributed by atoms with Crippen molar-refractivity contribution in [1.29, 1.82) is 0 Å². The zero-order chi connectivity index (χ0) is 12.4. The Hall–Kier alpha value is -1.62. The van der Waals surface area contributed by atoms with E-state index in [2.05, 4.69) is 20.5 Å². The fourth-order valence-corrected chi connectivity index (χ4v) is 2.42. The normalized spacial score (nSPS) is 23.8. The second-order valence-electron chi connectivity index (χ2n) is 4.98. The van der Waals surface area contributed by atoms with Gasteiger partial charge in [0, 0.05) is 38.4 Å². The Morgan fingerprint density at radius 1 is 1.44 bits per heavy atom. The van der Waals surface area contributed by atoms with Crippen molar-refractivity contribution in [3.63, 3.8) is 0 Å². The summed E-state index contributed by atoms with van der Waals surface area (Å²) in [7, 11) is 0. The molecule has 0 bridgehead atoms. The van der Waals surface area contributed by atoms with Crippen LogP contribution in [0, 0.1) is 5.92 Å². The highest BCUT2D eigenvalue weighted by Gasteiger charge is 2.29. The van der Waals surface area contributed by atoms with Crippen LogP contribution in [0.4, 0.5) is 5.82 Å². The summed E-state index contributed by atoms with van der Waals surface area (Å²) in [4.78, 5) is 18.4. The number of hydrogen-bond donors (Lipinski definition) is 2. The Morgan fingerprint density at radius 3 is 3.00 bits per heavy atom. The smallest absolute Gasteiger partial charge is 0.225 e. The summed E-state index contributed by atoms with van der Waals surface area (Å²) < 4.78 is 0. The van der Waals surface area contributed by atoms with Gasteiger partial charge >= 0.3 is 0 Å². The standard InChI is InChI=1S/C13H18N4O/c18-13(10-7-14-8-10)16-11-4-6-17(9-11)12-3-1-2-5-15-12/h1-3,5,10-11,14H,4,6-9H2,(H,16,18). The summed E-state index contributed by atoms with van der Waals surface area (Å²) >= 11 is 0. The molecule has 2 saturated heterocycles. The maximum absolute atomic E-state index is 11.8. The number of hydrogen-bond acceptors (Lipinski definition) is 4. The van der Waals surface area contributed by atoms with Crippen molar-refractivity contribution < 1.29 is 4.79 Å². The zero-order valence-electron chi connectivity index (χ0n) is 10.3. The first-order valence-electron chi connectivity index (χ1n) is 6.50. The van der Waals surface area contributed by atoms with Gasteiger partial charge in [-0.25, -0.2) is 4.98 Å². The molecule has 0 radical (unpaired) electrons. The highest BCUT2D eigenvalue weighted by Crippen LogP contribution is 2.17. The molecule has 1 atom stereocenters. The van der Waals surface area contributed by atoms with Crippen LogP contribution in [0.2, 0.25) is 0 Å². The molecule has 18 heavy (non-hydrogen) atoms. The molecule has 5 heteroatoms.